The van der Waals surface area contributed by atoms with Crippen molar-refractivity contribution in [2.45, 2.75) is 12.4 Å². The molecule has 1 aliphatic rings. The van der Waals surface area contributed by atoms with E-state index in [1.807, 2.05) is 66.7 Å². The van der Waals surface area contributed by atoms with Gasteiger partial charge in [0.25, 0.3) is 5.91 Å². The predicted molar refractivity (Wildman–Crippen MR) is 124 cm³/mol. The van der Waals surface area contributed by atoms with E-state index in [1.54, 1.807) is 6.08 Å². The van der Waals surface area contributed by atoms with Gasteiger partial charge in [0, 0.05) is 10.8 Å². The van der Waals surface area contributed by atoms with Crippen LogP contribution in [0.3, 0.4) is 0 Å². The van der Waals surface area contributed by atoms with E-state index < -0.39 is 0 Å². The van der Waals surface area contributed by atoms with Gasteiger partial charge in [0.1, 0.15) is 18.1 Å². The van der Waals surface area contributed by atoms with Gasteiger partial charge in [-0.3, -0.25) is 10.1 Å². The highest BCUT2D eigenvalue weighted by Crippen LogP contribution is 2.22. The highest BCUT2D eigenvalue weighted by atomic mass is 35.5. The van der Waals surface area contributed by atoms with Crippen molar-refractivity contribution in [1.82, 2.24) is 5.32 Å². The number of aliphatic imine (C=N–C) groups is 1. The molecule has 0 fully saturated rings. The van der Waals surface area contributed by atoms with Gasteiger partial charge in [-0.25, -0.2) is 4.99 Å². The number of carbonyl (C=O) groups excluding carboxylic acids is 1. The Kier molecular flexibility index (Phi) is 6.52. The van der Waals surface area contributed by atoms with Crippen molar-refractivity contribution in [3.8, 4) is 5.75 Å². The molecule has 1 heterocycles. The van der Waals surface area contributed by atoms with Crippen molar-refractivity contribution in [2.75, 3.05) is 0 Å². The molecule has 6 heteroatoms. The molecule has 3 aromatic rings. The summed E-state index contributed by atoms with van der Waals surface area (Å²) in [6, 6.07) is 25.2. The molecule has 4 nitrogen and oxygen atoms in total. The van der Waals surface area contributed by atoms with Crippen LogP contribution in [-0.2, 0) is 17.2 Å². The first-order chi connectivity index (χ1) is 14.7. The van der Waals surface area contributed by atoms with E-state index >= 15 is 0 Å². The van der Waals surface area contributed by atoms with E-state index in [9.17, 15) is 4.79 Å². The monoisotopic (exact) mass is 434 g/mol. The zero-order valence-electron chi connectivity index (χ0n) is 16.0. The Morgan fingerprint density at radius 3 is 2.57 bits per heavy atom. The second kappa shape index (κ2) is 9.65. The van der Waals surface area contributed by atoms with Crippen molar-refractivity contribution in [2.24, 2.45) is 4.99 Å². The second-order valence-electron chi connectivity index (χ2n) is 6.66. The van der Waals surface area contributed by atoms with Crippen LogP contribution in [0.5, 0.6) is 5.75 Å². The van der Waals surface area contributed by atoms with Gasteiger partial charge in [-0.05, 0) is 47.0 Å². The molecule has 0 atom stereocenters. The van der Waals surface area contributed by atoms with Crippen LogP contribution in [0.1, 0.15) is 16.7 Å². The summed E-state index contributed by atoms with van der Waals surface area (Å²) in [7, 11) is 0. The number of halogens is 1. The minimum absolute atomic E-state index is 0.196. The summed E-state index contributed by atoms with van der Waals surface area (Å²) in [5, 5.41) is 4.14. The second-order valence-corrected chi connectivity index (χ2v) is 8.06. The summed E-state index contributed by atoms with van der Waals surface area (Å²) in [6.45, 7) is 0.441. The number of carbonyl (C=O) groups is 1. The first-order valence-corrected chi connectivity index (χ1v) is 10.8. The van der Waals surface area contributed by atoms with Gasteiger partial charge in [-0.15, -0.1) is 0 Å². The molecule has 150 valence electrons. The molecule has 1 N–H and O–H groups in total. The van der Waals surface area contributed by atoms with Crippen molar-refractivity contribution in [3.05, 3.63) is 106 Å². The fraction of sp³-hybridized carbons (Fsp3) is 0.0833. The average molecular weight is 435 g/mol. The molecule has 0 aliphatic carbocycles. The fourth-order valence-corrected chi connectivity index (χ4v) is 3.79. The van der Waals surface area contributed by atoms with Crippen LogP contribution >= 0.6 is 23.4 Å². The molecule has 3 aromatic carbocycles. The molecular weight excluding hydrogens is 416 g/mol. The summed E-state index contributed by atoms with van der Waals surface area (Å²) in [4.78, 5) is 16.7. The number of hydrogen-bond acceptors (Lipinski definition) is 4. The van der Waals surface area contributed by atoms with E-state index in [2.05, 4.69) is 22.4 Å². The summed E-state index contributed by atoms with van der Waals surface area (Å²) in [6.07, 6.45) is 1.76. The molecule has 30 heavy (non-hydrogen) atoms. The third-order valence-corrected chi connectivity index (χ3v) is 5.57. The molecule has 0 saturated heterocycles. The molecule has 0 aromatic heterocycles. The lowest BCUT2D eigenvalue weighted by Gasteiger charge is -2.07. The summed E-state index contributed by atoms with van der Waals surface area (Å²) in [5.41, 5.74) is 3.46. The fourth-order valence-electron chi connectivity index (χ4n) is 2.84. The third-order valence-electron chi connectivity index (χ3n) is 4.37. The Labute approximate surface area is 184 Å². The smallest absolute Gasteiger partial charge is 0.275 e. The zero-order chi connectivity index (χ0) is 20.8. The maximum absolute atomic E-state index is 12.3. The van der Waals surface area contributed by atoms with Crippen LogP contribution in [0.15, 0.2) is 89.6 Å². The molecule has 4 rings (SSSR count). The van der Waals surface area contributed by atoms with Crippen molar-refractivity contribution in [3.63, 3.8) is 0 Å². The van der Waals surface area contributed by atoms with Gasteiger partial charge in [-0.2, -0.15) is 0 Å². The number of amidine groups is 1. The minimum atomic E-state index is -0.196. The largest absolute Gasteiger partial charge is 0.489 e. The lowest BCUT2D eigenvalue weighted by Crippen LogP contribution is -2.21. The number of nitrogens with zero attached hydrogens (tertiary/aromatic N) is 1. The molecule has 0 spiro atoms. The summed E-state index contributed by atoms with van der Waals surface area (Å²) in [5.74, 6) is 1.28. The highest BCUT2D eigenvalue weighted by Gasteiger charge is 2.20. The van der Waals surface area contributed by atoms with Gasteiger partial charge in [0.2, 0.25) is 0 Å². The molecule has 0 radical (unpaired) electrons. The van der Waals surface area contributed by atoms with Crippen molar-refractivity contribution >= 4 is 40.5 Å². The normalized spacial score (nSPS) is 14.5. The topological polar surface area (TPSA) is 50.7 Å². The van der Waals surface area contributed by atoms with E-state index in [0.717, 1.165) is 22.6 Å². The number of amides is 1. The van der Waals surface area contributed by atoms with E-state index in [4.69, 9.17) is 16.3 Å². The van der Waals surface area contributed by atoms with Crippen LogP contribution in [0.4, 0.5) is 0 Å². The maximum Gasteiger partial charge on any atom is 0.275 e. The van der Waals surface area contributed by atoms with Crippen LogP contribution in [0.2, 0.25) is 5.02 Å². The highest BCUT2D eigenvalue weighted by molar-refractivity contribution is 8.13. The first-order valence-electron chi connectivity index (χ1n) is 9.41. The third kappa shape index (κ3) is 5.53. The van der Waals surface area contributed by atoms with E-state index in [-0.39, 0.29) is 5.91 Å². The van der Waals surface area contributed by atoms with E-state index in [0.29, 0.717) is 22.5 Å². The summed E-state index contributed by atoms with van der Waals surface area (Å²) >= 11 is 7.42. The molecular formula is C24H19ClN2O2S. The minimum Gasteiger partial charge on any atom is -0.489 e. The van der Waals surface area contributed by atoms with Crippen LogP contribution < -0.4 is 10.1 Å². The van der Waals surface area contributed by atoms with Crippen LogP contribution in [-0.4, -0.2) is 11.1 Å². The Morgan fingerprint density at radius 2 is 1.77 bits per heavy atom. The number of ether oxygens (including phenoxy) is 1. The van der Waals surface area contributed by atoms with Gasteiger partial charge in [0.05, 0.1) is 0 Å². The van der Waals surface area contributed by atoms with Crippen molar-refractivity contribution in [1.29, 1.82) is 0 Å². The quantitative estimate of drug-likeness (QED) is 0.508. The Hall–Kier alpha value is -3.02. The Morgan fingerprint density at radius 1 is 0.967 bits per heavy atom. The molecule has 0 unspecified atom stereocenters. The lowest BCUT2D eigenvalue weighted by atomic mass is 10.2. The SMILES string of the molecule is O=C1NC(SCc2ccccc2)=N/C1=C\c1cccc(OCc2ccc(Cl)cc2)c1. The van der Waals surface area contributed by atoms with Crippen LogP contribution in [0.25, 0.3) is 6.08 Å². The summed E-state index contributed by atoms with van der Waals surface area (Å²) < 4.78 is 5.86. The Balaban J connectivity index is 1.40. The maximum atomic E-state index is 12.3. The first kappa shape index (κ1) is 20.3. The van der Waals surface area contributed by atoms with Crippen molar-refractivity contribution < 1.29 is 9.53 Å². The Bertz CT molecular complexity index is 1100. The predicted octanol–water partition coefficient (Wildman–Crippen LogP) is 5.68. The number of hydrogen-bond donors (Lipinski definition) is 1. The number of thioether (sulfide) groups is 1. The molecule has 0 saturated carbocycles. The van der Waals surface area contributed by atoms with Gasteiger partial charge in [0.15, 0.2) is 5.17 Å². The number of nitrogens with one attached hydrogen (secondary N) is 1. The number of benzene rings is 3. The van der Waals surface area contributed by atoms with E-state index in [1.165, 1.54) is 17.3 Å². The standard InChI is InChI=1S/C24H19ClN2O2S/c25-20-11-9-17(10-12-20)15-29-21-8-4-7-19(13-21)14-22-23(28)27-24(26-22)30-16-18-5-2-1-3-6-18/h1-14H,15-16H2,(H,26,27,28)/b22-14-. The zero-order valence-corrected chi connectivity index (χ0v) is 17.6. The lowest BCUT2D eigenvalue weighted by molar-refractivity contribution is -0.115. The molecule has 1 amide bonds. The van der Waals surface area contributed by atoms with Gasteiger partial charge in [-0.1, -0.05) is 78.0 Å². The number of rotatable bonds is 6. The molecule has 1 aliphatic heterocycles. The molecule has 0 bridgehead atoms. The van der Waals surface area contributed by atoms with Crippen LogP contribution in [0, 0.1) is 0 Å². The average Bonchev–Trinajstić information content (AvgIpc) is 3.12. The van der Waals surface area contributed by atoms with Gasteiger partial charge < -0.3 is 4.74 Å². The van der Waals surface area contributed by atoms with Gasteiger partial charge >= 0.3 is 0 Å².